The van der Waals surface area contributed by atoms with Gasteiger partial charge in [0.25, 0.3) is 0 Å². The van der Waals surface area contributed by atoms with E-state index in [1.165, 1.54) is 7.11 Å². The molecule has 0 fully saturated rings. The first-order chi connectivity index (χ1) is 16.4. The molecule has 3 aromatic rings. The third-order valence-corrected chi connectivity index (χ3v) is 5.71. The molecule has 0 spiro atoms. The van der Waals surface area contributed by atoms with Gasteiger partial charge in [-0.25, -0.2) is 4.79 Å². The molecule has 34 heavy (non-hydrogen) atoms. The average molecular weight is 476 g/mol. The molecule has 3 rings (SSSR count). The zero-order valence-corrected chi connectivity index (χ0v) is 20.3. The number of ether oxygens (including phenoxy) is 1. The van der Waals surface area contributed by atoms with Crippen molar-refractivity contribution in [1.29, 1.82) is 0 Å². The number of nitrogens with zero attached hydrogens (tertiary/aromatic N) is 2. The smallest absolute Gasteiger partial charge is 0.435 e. The van der Waals surface area contributed by atoms with E-state index in [1.54, 1.807) is 0 Å². The number of thiol groups is 1. The predicted molar refractivity (Wildman–Crippen MR) is 141 cm³/mol. The van der Waals surface area contributed by atoms with Crippen LogP contribution >= 0.6 is 12.6 Å². The van der Waals surface area contributed by atoms with E-state index >= 15 is 0 Å². The van der Waals surface area contributed by atoms with Gasteiger partial charge in [0.1, 0.15) is 0 Å². The van der Waals surface area contributed by atoms with E-state index in [2.05, 4.69) is 29.3 Å². The standard InChI is InChI=1S/C27H29N3O3S/c1-3-4-15-30(26(34)29-27(32)33-2)23-13-14-24(25(31)20-10-6-5-7-11-20)21(18-23)16-19-9-8-12-22(28)17-19/h5-14,17-18H,3-4,15-16,28H2,1-2H3,(H,29,32,34). The van der Waals surface area contributed by atoms with Crippen molar-refractivity contribution < 1.29 is 14.3 Å². The summed E-state index contributed by atoms with van der Waals surface area (Å²) in [4.78, 5) is 30.9. The Hall–Kier alpha value is -3.58. The number of nitrogens with two attached hydrogens (primary N) is 1. The Morgan fingerprint density at radius 2 is 1.79 bits per heavy atom. The van der Waals surface area contributed by atoms with Crippen molar-refractivity contribution in [3.63, 3.8) is 0 Å². The van der Waals surface area contributed by atoms with Crippen LogP contribution in [-0.2, 0) is 11.2 Å². The Morgan fingerprint density at radius 3 is 2.47 bits per heavy atom. The third kappa shape index (κ3) is 6.48. The number of benzene rings is 3. The Labute approximate surface area is 205 Å². The summed E-state index contributed by atoms with van der Waals surface area (Å²) in [5.74, 6) is -0.0551. The van der Waals surface area contributed by atoms with Gasteiger partial charge in [-0.2, -0.15) is 4.99 Å². The fraction of sp³-hybridized carbons (Fsp3) is 0.222. The van der Waals surface area contributed by atoms with Gasteiger partial charge in [-0.05, 0) is 54.3 Å². The van der Waals surface area contributed by atoms with Gasteiger partial charge in [0, 0.05) is 29.0 Å². The lowest BCUT2D eigenvalue weighted by molar-refractivity contribution is 0.103. The molecule has 0 aliphatic rings. The van der Waals surface area contributed by atoms with Crippen LogP contribution in [-0.4, -0.2) is 30.7 Å². The first-order valence-corrected chi connectivity index (χ1v) is 11.6. The molecular formula is C27H29N3O3S. The normalized spacial score (nSPS) is 11.2. The minimum atomic E-state index is -0.720. The van der Waals surface area contributed by atoms with Gasteiger partial charge >= 0.3 is 6.09 Å². The molecule has 176 valence electrons. The quantitative estimate of drug-likeness (QED) is 0.142. The number of hydrogen-bond donors (Lipinski definition) is 2. The number of rotatable bonds is 8. The van der Waals surface area contributed by atoms with Crippen LogP contribution in [0.4, 0.5) is 16.2 Å². The van der Waals surface area contributed by atoms with Crippen molar-refractivity contribution in [3.05, 3.63) is 95.1 Å². The van der Waals surface area contributed by atoms with Crippen LogP contribution in [0.15, 0.2) is 77.8 Å². The highest BCUT2D eigenvalue weighted by Crippen LogP contribution is 2.26. The second-order valence-corrected chi connectivity index (χ2v) is 8.25. The first kappa shape index (κ1) is 25.1. The molecule has 7 heteroatoms. The molecule has 0 saturated carbocycles. The molecule has 0 bridgehead atoms. The predicted octanol–water partition coefficient (Wildman–Crippen LogP) is 5.75. The molecule has 0 aliphatic heterocycles. The van der Waals surface area contributed by atoms with E-state index in [9.17, 15) is 9.59 Å². The number of unbranched alkanes of at least 4 members (excludes halogenated alkanes) is 1. The summed E-state index contributed by atoms with van der Waals surface area (Å²) < 4.78 is 4.67. The van der Waals surface area contributed by atoms with Gasteiger partial charge in [0.2, 0.25) is 0 Å². The maximum atomic E-state index is 13.4. The van der Waals surface area contributed by atoms with Crippen molar-refractivity contribution in [1.82, 2.24) is 0 Å². The number of nitrogen functional groups attached to an aromatic ring is 1. The highest BCUT2D eigenvalue weighted by molar-refractivity contribution is 7.97. The molecule has 6 nitrogen and oxygen atoms in total. The molecule has 0 heterocycles. The number of aliphatic imine (C=N–C) groups is 1. The maximum absolute atomic E-state index is 13.4. The van der Waals surface area contributed by atoms with Crippen LogP contribution in [0.1, 0.15) is 46.8 Å². The monoisotopic (exact) mass is 475 g/mol. The van der Waals surface area contributed by atoms with Crippen LogP contribution in [0.5, 0.6) is 0 Å². The third-order valence-electron chi connectivity index (χ3n) is 5.37. The van der Waals surface area contributed by atoms with E-state index in [0.29, 0.717) is 29.8 Å². The average Bonchev–Trinajstić information content (AvgIpc) is 2.84. The zero-order chi connectivity index (χ0) is 24.5. The molecule has 0 atom stereocenters. The lowest BCUT2D eigenvalue weighted by Crippen LogP contribution is -2.29. The summed E-state index contributed by atoms with van der Waals surface area (Å²) in [6.45, 7) is 2.69. The molecule has 0 radical (unpaired) electrons. The lowest BCUT2D eigenvalue weighted by Gasteiger charge is -2.24. The molecule has 0 unspecified atom stereocenters. The number of carbonyl (C=O) groups excluding carboxylic acids is 2. The molecule has 0 aliphatic carbocycles. The number of anilines is 2. The van der Waals surface area contributed by atoms with Gasteiger partial charge in [-0.3, -0.25) is 4.79 Å². The number of ketones is 1. The van der Waals surface area contributed by atoms with E-state index in [4.69, 9.17) is 5.73 Å². The van der Waals surface area contributed by atoms with Crippen LogP contribution in [0.25, 0.3) is 0 Å². The summed E-state index contributed by atoms with van der Waals surface area (Å²) in [6, 6.07) is 22.5. The Kier molecular flexibility index (Phi) is 8.87. The molecule has 3 aromatic carbocycles. The van der Waals surface area contributed by atoms with Crippen LogP contribution < -0.4 is 10.6 Å². The van der Waals surface area contributed by atoms with Gasteiger partial charge in [0.15, 0.2) is 11.0 Å². The Bertz CT molecular complexity index is 1180. The highest BCUT2D eigenvalue weighted by atomic mass is 32.1. The van der Waals surface area contributed by atoms with Gasteiger partial charge in [0.05, 0.1) is 7.11 Å². The second-order valence-electron chi connectivity index (χ2n) is 7.85. The highest BCUT2D eigenvalue weighted by Gasteiger charge is 2.18. The molecule has 1 amide bonds. The topological polar surface area (TPSA) is 85.0 Å². The zero-order valence-electron chi connectivity index (χ0n) is 19.4. The number of methoxy groups -OCH3 is 1. The van der Waals surface area contributed by atoms with E-state index in [0.717, 1.165) is 29.7 Å². The first-order valence-electron chi connectivity index (χ1n) is 11.1. The van der Waals surface area contributed by atoms with Gasteiger partial charge in [-0.15, -0.1) is 12.6 Å². The second kappa shape index (κ2) is 12.0. The Balaban J connectivity index is 2.08. The van der Waals surface area contributed by atoms with E-state index in [1.807, 2.05) is 77.7 Å². The largest absolute Gasteiger partial charge is 0.451 e. The maximum Gasteiger partial charge on any atom is 0.435 e. The van der Waals surface area contributed by atoms with Crippen molar-refractivity contribution in [2.75, 3.05) is 24.3 Å². The summed E-state index contributed by atoms with van der Waals surface area (Å²) in [5, 5.41) is 0.234. The lowest BCUT2D eigenvalue weighted by atomic mass is 9.93. The molecule has 0 aromatic heterocycles. The summed E-state index contributed by atoms with van der Waals surface area (Å²) in [7, 11) is 1.27. The fourth-order valence-electron chi connectivity index (χ4n) is 3.63. The van der Waals surface area contributed by atoms with Crippen molar-refractivity contribution >= 4 is 41.0 Å². The van der Waals surface area contributed by atoms with Crippen LogP contribution in [0.2, 0.25) is 0 Å². The number of carbonyl (C=O) groups is 2. The summed E-state index contributed by atoms with van der Waals surface area (Å²) >= 11 is 4.46. The van der Waals surface area contributed by atoms with E-state index in [-0.39, 0.29) is 11.0 Å². The van der Waals surface area contributed by atoms with Crippen molar-refractivity contribution in [3.8, 4) is 0 Å². The number of amidine groups is 1. The summed E-state index contributed by atoms with van der Waals surface area (Å²) in [5.41, 5.74) is 10.5. The van der Waals surface area contributed by atoms with Crippen molar-refractivity contribution in [2.24, 2.45) is 4.99 Å². The SMILES string of the molecule is CCCCN(C(S)=NC(=O)OC)c1ccc(C(=O)c2ccccc2)c(Cc2cccc(N)c2)c1. The Morgan fingerprint density at radius 1 is 1.03 bits per heavy atom. The number of hydrogen-bond acceptors (Lipinski definition) is 4. The van der Waals surface area contributed by atoms with Crippen molar-refractivity contribution in [2.45, 2.75) is 26.2 Å². The van der Waals surface area contributed by atoms with Crippen LogP contribution in [0.3, 0.4) is 0 Å². The van der Waals surface area contributed by atoms with Crippen LogP contribution in [0, 0.1) is 0 Å². The number of amides is 1. The minimum absolute atomic E-state index is 0.0551. The molecule has 0 saturated heterocycles. The van der Waals surface area contributed by atoms with Gasteiger partial charge < -0.3 is 15.4 Å². The fourth-order valence-corrected chi connectivity index (χ4v) is 3.93. The minimum Gasteiger partial charge on any atom is -0.451 e. The van der Waals surface area contributed by atoms with E-state index < -0.39 is 6.09 Å². The summed E-state index contributed by atoms with van der Waals surface area (Å²) in [6.07, 6.45) is 1.62. The molecular weight excluding hydrogens is 446 g/mol. The van der Waals surface area contributed by atoms with Gasteiger partial charge in [-0.1, -0.05) is 55.8 Å². The molecule has 2 N–H and O–H groups in total.